The number of amides is 1. The van der Waals surface area contributed by atoms with Crippen LogP contribution in [0.1, 0.15) is 31.1 Å². The van der Waals surface area contributed by atoms with Gasteiger partial charge in [-0.2, -0.15) is 0 Å². The van der Waals surface area contributed by atoms with Crippen LogP contribution in [0.25, 0.3) is 0 Å². The zero-order valence-corrected chi connectivity index (χ0v) is 12.6. The van der Waals surface area contributed by atoms with Crippen molar-refractivity contribution in [3.63, 3.8) is 0 Å². The van der Waals surface area contributed by atoms with Gasteiger partial charge in [0.1, 0.15) is 0 Å². The molecule has 3 nitrogen and oxygen atoms in total. The normalized spacial score (nSPS) is 10.9. The second kappa shape index (κ2) is 5.87. The first-order valence-electron chi connectivity index (χ1n) is 5.27. The number of rotatable bonds is 1. The highest BCUT2D eigenvalue weighted by atomic mass is 35.5. The van der Waals surface area contributed by atoms with Gasteiger partial charge in [0.05, 0.1) is 10.6 Å². The van der Waals surface area contributed by atoms with Crippen molar-refractivity contribution in [3.8, 4) is 0 Å². The predicted molar refractivity (Wildman–Crippen MR) is 79.4 cm³/mol. The van der Waals surface area contributed by atoms with Gasteiger partial charge in [0.25, 0.3) is 5.91 Å². The van der Waals surface area contributed by atoms with Crippen LogP contribution in [0.15, 0.2) is 18.2 Å². The summed E-state index contributed by atoms with van der Waals surface area (Å²) in [6, 6.07) is 4.67. The maximum absolute atomic E-state index is 11.9. The summed E-state index contributed by atoms with van der Waals surface area (Å²) in [4.78, 5) is 11.9. The summed E-state index contributed by atoms with van der Waals surface area (Å²) >= 11 is 16.7. The van der Waals surface area contributed by atoms with Crippen molar-refractivity contribution >= 4 is 46.4 Å². The van der Waals surface area contributed by atoms with Gasteiger partial charge < -0.3 is 5.32 Å². The van der Waals surface area contributed by atoms with Crippen LogP contribution in [-0.2, 0) is 0 Å². The summed E-state index contributed by atoms with van der Waals surface area (Å²) in [5.74, 6) is -0.363. The lowest BCUT2D eigenvalue weighted by molar-refractivity contribution is 0.0976. The molecule has 18 heavy (non-hydrogen) atoms. The van der Waals surface area contributed by atoms with Crippen molar-refractivity contribution in [3.05, 3.63) is 33.8 Å². The fourth-order valence-corrected chi connectivity index (χ4v) is 2.11. The minimum Gasteiger partial charge on any atom is -0.358 e. The van der Waals surface area contributed by atoms with Gasteiger partial charge in [-0.15, -0.1) is 0 Å². The van der Waals surface area contributed by atoms with E-state index >= 15 is 0 Å². The zero-order valence-electron chi connectivity index (χ0n) is 10.3. The fraction of sp³-hybridized carbons (Fsp3) is 0.333. The molecule has 0 atom stereocenters. The van der Waals surface area contributed by atoms with Gasteiger partial charge in [-0.1, -0.05) is 23.2 Å². The molecule has 0 unspecified atom stereocenters. The second-order valence-corrected chi connectivity index (χ2v) is 6.03. The van der Waals surface area contributed by atoms with Gasteiger partial charge in [0.15, 0.2) is 5.11 Å². The Hall–Kier alpha value is -0.840. The number of hydrogen-bond acceptors (Lipinski definition) is 2. The van der Waals surface area contributed by atoms with E-state index in [0.717, 1.165) is 0 Å². The highest BCUT2D eigenvalue weighted by Gasteiger charge is 2.15. The molecule has 0 bridgehead atoms. The number of halogens is 2. The van der Waals surface area contributed by atoms with Crippen LogP contribution in [0.2, 0.25) is 10.0 Å². The van der Waals surface area contributed by atoms with E-state index in [1.54, 1.807) is 12.1 Å². The van der Waals surface area contributed by atoms with Crippen LogP contribution >= 0.6 is 35.4 Å². The quantitative estimate of drug-likeness (QED) is 0.781. The van der Waals surface area contributed by atoms with Crippen LogP contribution < -0.4 is 10.6 Å². The number of nitrogens with one attached hydrogen (secondary N) is 2. The van der Waals surface area contributed by atoms with Crippen LogP contribution in [0.3, 0.4) is 0 Å². The van der Waals surface area contributed by atoms with Gasteiger partial charge in [-0.25, -0.2) is 0 Å². The van der Waals surface area contributed by atoms with Crippen LogP contribution in [-0.4, -0.2) is 16.6 Å². The van der Waals surface area contributed by atoms with Crippen LogP contribution in [0.5, 0.6) is 0 Å². The first kappa shape index (κ1) is 15.2. The third-order valence-electron chi connectivity index (χ3n) is 1.89. The standard InChI is InChI=1S/C12H14Cl2N2OS/c1-12(2,3)16-11(18)15-10(17)8-5-4-7(13)6-9(8)14/h4-6H,1-3H3,(H2,15,16,17,18). The molecule has 98 valence electrons. The van der Waals surface area contributed by atoms with Crippen molar-refractivity contribution in [2.45, 2.75) is 26.3 Å². The molecule has 0 saturated carbocycles. The van der Waals surface area contributed by atoms with E-state index in [-0.39, 0.29) is 16.6 Å². The second-order valence-electron chi connectivity index (χ2n) is 4.78. The Labute approximate surface area is 122 Å². The van der Waals surface area contributed by atoms with Gasteiger partial charge in [-0.3, -0.25) is 10.1 Å². The maximum atomic E-state index is 11.9. The molecule has 0 aliphatic carbocycles. The van der Waals surface area contributed by atoms with E-state index in [4.69, 9.17) is 35.4 Å². The Balaban J connectivity index is 2.74. The maximum Gasteiger partial charge on any atom is 0.258 e. The number of hydrogen-bond donors (Lipinski definition) is 2. The van der Waals surface area contributed by atoms with Crippen molar-refractivity contribution in [2.75, 3.05) is 0 Å². The average Bonchev–Trinajstić information content (AvgIpc) is 2.13. The van der Waals surface area contributed by atoms with Crippen LogP contribution in [0.4, 0.5) is 0 Å². The highest BCUT2D eigenvalue weighted by Crippen LogP contribution is 2.20. The molecule has 0 heterocycles. The Morgan fingerprint density at radius 2 is 1.89 bits per heavy atom. The average molecular weight is 305 g/mol. The Morgan fingerprint density at radius 3 is 2.39 bits per heavy atom. The van der Waals surface area contributed by atoms with Crippen molar-refractivity contribution in [2.24, 2.45) is 0 Å². The molecule has 0 aliphatic heterocycles. The third kappa shape index (κ3) is 4.80. The Kier molecular flexibility index (Phi) is 4.96. The zero-order chi connectivity index (χ0) is 13.9. The third-order valence-corrected chi connectivity index (χ3v) is 2.64. The first-order chi connectivity index (χ1) is 8.19. The first-order valence-corrected chi connectivity index (χ1v) is 6.44. The van der Waals surface area contributed by atoms with E-state index < -0.39 is 0 Å². The summed E-state index contributed by atoms with van der Waals surface area (Å²) in [5.41, 5.74) is 0.118. The smallest absolute Gasteiger partial charge is 0.258 e. The molecular weight excluding hydrogens is 291 g/mol. The molecule has 1 aromatic carbocycles. The molecule has 2 N–H and O–H groups in total. The molecule has 6 heteroatoms. The molecule has 1 amide bonds. The fourth-order valence-electron chi connectivity index (χ4n) is 1.22. The molecule has 0 aliphatic rings. The van der Waals surface area contributed by atoms with Gasteiger partial charge in [-0.05, 0) is 51.2 Å². The summed E-state index contributed by atoms with van der Waals surface area (Å²) in [6.45, 7) is 5.84. The molecule has 0 aromatic heterocycles. The van der Waals surface area contributed by atoms with Crippen LogP contribution in [0, 0.1) is 0 Å². The Morgan fingerprint density at radius 1 is 1.28 bits per heavy atom. The Bertz CT molecular complexity index is 483. The largest absolute Gasteiger partial charge is 0.358 e. The monoisotopic (exact) mass is 304 g/mol. The number of carbonyl (C=O) groups excluding carboxylic acids is 1. The van der Waals surface area contributed by atoms with Crippen molar-refractivity contribution < 1.29 is 4.79 Å². The number of benzene rings is 1. The molecule has 0 spiro atoms. The lowest BCUT2D eigenvalue weighted by atomic mass is 10.1. The lowest BCUT2D eigenvalue weighted by Crippen LogP contribution is -2.48. The van der Waals surface area contributed by atoms with Gasteiger partial charge >= 0.3 is 0 Å². The van der Waals surface area contributed by atoms with Gasteiger partial charge in [0, 0.05) is 10.6 Å². The molecule has 1 aromatic rings. The van der Waals surface area contributed by atoms with Crippen molar-refractivity contribution in [1.82, 2.24) is 10.6 Å². The van der Waals surface area contributed by atoms with Crippen molar-refractivity contribution in [1.29, 1.82) is 0 Å². The minimum atomic E-state index is -0.363. The van der Waals surface area contributed by atoms with E-state index in [1.165, 1.54) is 6.07 Å². The molecule has 0 saturated heterocycles. The lowest BCUT2D eigenvalue weighted by Gasteiger charge is -2.22. The topological polar surface area (TPSA) is 41.1 Å². The summed E-state index contributed by atoms with van der Waals surface area (Å²) in [5, 5.41) is 6.58. The van der Waals surface area contributed by atoms with E-state index in [2.05, 4.69) is 10.6 Å². The molecular formula is C12H14Cl2N2OS. The highest BCUT2D eigenvalue weighted by molar-refractivity contribution is 7.80. The number of carbonyl (C=O) groups is 1. The predicted octanol–water partition coefficient (Wildman–Crippen LogP) is 3.40. The van der Waals surface area contributed by atoms with E-state index in [0.29, 0.717) is 15.6 Å². The molecule has 0 fully saturated rings. The molecule has 0 radical (unpaired) electrons. The van der Waals surface area contributed by atoms with E-state index in [9.17, 15) is 4.79 Å². The number of thiocarbonyl (C=S) groups is 1. The molecule has 1 rings (SSSR count). The minimum absolute atomic E-state index is 0.214. The van der Waals surface area contributed by atoms with E-state index in [1.807, 2.05) is 20.8 Å². The summed E-state index contributed by atoms with van der Waals surface area (Å²) in [6.07, 6.45) is 0. The summed E-state index contributed by atoms with van der Waals surface area (Å²) < 4.78 is 0. The SMILES string of the molecule is CC(C)(C)NC(=S)NC(=O)c1ccc(Cl)cc1Cl. The summed E-state index contributed by atoms with van der Waals surface area (Å²) in [7, 11) is 0. The van der Waals surface area contributed by atoms with Gasteiger partial charge in [0.2, 0.25) is 0 Å².